The van der Waals surface area contributed by atoms with Crippen LogP contribution in [0.3, 0.4) is 0 Å². The molecule has 0 saturated carbocycles. The third-order valence-electron chi connectivity index (χ3n) is 4.63. The first-order chi connectivity index (χ1) is 12.7. The number of morpholine rings is 1. The number of hydrogen-bond acceptors (Lipinski definition) is 4. The molecule has 26 heavy (non-hydrogen) atoms. The van der Waals surface area contributed by atoms with Crippen LogP contribution >= 0.6 is 0 Å². The zero-order chi connectivity index (χ0) is 17.9. The van der Waals surface area contributed by atoms with E-state index in [1.807, 2.05) is 36.4 Å². The van der Waals surface area contributed by atoms with E-state index in [1.165, 1.54) is 10.9 Å². The normalized spacial score (nSPS) is 17.4. The molecule has 0 N–H and O–H groups in total. The van der Waals surface area contributed by atoms with Crippen molar-refractivity contribution in [2.75, 3.05) is 19.7 Å². The molecule has 0 aliphatic carbocycles. The van der Waals surface area contributed by atoms with E-state index in [-0.39, 0.29) is 24.1 Å². The van der Waals surface area contributed by atoms with Crippen molar-refractivity contribution in [3.63, 3.8) is 0 Å². The van der Waals surface area contributed by atoms with Crippen molar-refractivity contribution in [3.05, 3.63) is 76.8 Å². The van der Waals surface area contributed by atoms with Gasteiger partial charge in [0.05, 0.1) is 30.4 Å². The average molecular weight is 349 g/mol. The van der Waals surface area contributed by atoms with Gasteiger partial charge in [-0.05, 0) is 17.7 Å². The lowest BCUT2D eigenvalue weighted by molar-refractivity contribution is -0.139. The number of rotatable bonds is 3. The fourth-order valence-electron chi connectivity index (χ4n) is 3.21. The van der Waals surface area contributed by atoms with Crippen molar-refractivity contribution in [2.45, 2.75) is 12.6 Å². The number of ether oxygens (including phenoxy) is 1. The molecule has 0 unspecified atom stereocenters. The summed E-state index contributed by atoms with van der Waals surface area (Å²) in [5.74, 6) is -0.103. The zero-order valence-electron chi connectivity index (χ0n) is 14.2. The fourth-order valence-corrected chi connectivity index (χ4v) is 3.21. The highest BCUT2D eigenvalue weighted by Gasteiger charge is 2.25. The summed E-state index contributed by atoms with van der Waals surface area (Å²) >= 11 is 0. The van der Waals surface area contributed by atoms with Crippen LogP contribution in [-0.4, -0.2) is 40.1 Å². The zero-order valence-corrected chi connectivity index (χ0v) is 14.2. The lowest BCUT2D eigenvalue weighted by Crippen LogP contribution is -2.44. The topological polar surface area (TPSA) is 64.4 Å². The molecule has 1 amide bonds. The third-order valence-corrected chi connectivity index (χ3v) is 4.63. The predicted molar refractivity (Wildman–Crippen MR) is 97.7 cm³/mol. The van der Waals surface area contributed by atoms with Gasteiger partial charge in [0.15, 0.2) is 0 Å². The Morgan fingerprint density at radius 3 is 2.73 bits per heavy atom. The minimum absolute atomic E-state index is 0.0157. The Morgan fingerprint density at radius 2 is 1.88 bits per heavy atom. The second-order valence-electron chi connectivity index (χ2n) is 6.30. The first-order valence-corrected chi connectivity index (χ1v) is 8.61. The second-order valence-corrected chi connectivity index (χ2v) is 6.30. The van der Waals surface area contributed by atoms with Gasteiger partial charge in [-0.25, -0.2) is 4.98 Å². The standard InChI is InChI=1S/C20H19N3O3/c24-19(13-23-14-21-17-9-5-4-8-16(17)20(23)25)22-10-11-26-18(12-22)15-6-2-1-3-7-15/h1-9,14,18H,10-13H2/t18-/m0/s1. The van der Waals surface area contributed by atoms with E-state index in [1.54, 1.807) is 23.1 Å². The summed E-state index contributed by atoms with van der Waals surface area (Å²) in [4.78, 5) is 31.3. The summed E-state index contributed by atoms with van der Waals surface area (Å²) < 4.78 is 7.17. The molecule has 1 aromatic heterocycles. The maximum absolute atomic E-state index is 12.7. The lowest BCUT2D eigenvalue weighted by Gasteiger charge is -2.33. The molecule has 2 aromatic carbocycles. The van der Waals surface area contributed by atoms with Crippen LogP contribution in [0.2, 0.25) is 0 Å². The summed E-state index contributed by atoms with van der Waals surface area (Å²) in [5, 5.41) is 0.520. The molecule has 3 aromatic rings. The smallest absolute Gasteiger partial charge is 0.261 e. The second kappa shape index (κ2) is 7.09. The van der Waals surface area contributed by atoms with Crippen molar-refractivity contribution in [1.82, 2.24) is 14.5 Å². The molecular weight excluding hydrogens is 330 g/mol. The van der Waals surface area contributed by atoms with E-state index in [4.69, 9.17) is 4.74 Å². The quantitative estimate of drug-likeness (QED) is 0.725. The van der Waals surface area contributed by atoms with E-state index in [0.717, 1.165) is 5.56 Å². The van der Waals surface area contributed by atoms with Crippen LogP contribution in [0.1, 0.15) is 11.7 Å². The first kappa shape index (κ1) is 16.5. The Morgan fingerprint density at radius 1 is 1.12 bits per heavy atom. The molecule has 1 aliphatic heterocycles. The number of amides is 1. The molecule has 132 valence electrons. The van der Waals surface area contributed by atoms with Crippen LogP contribution in [0, 0.1) is 0 Å². The predicted octanol–water partition coefficient (Wildman–Crippen LogP) is 2.00. The monoisotopic (exact) mass is 349 g/mol. The highest BCUT2D eigenvalue weighted by molar-refractivity contribution is 5.79. The highest BCUT2D eigenvalue weighted by atomic mass is 16.5. The van der Waals surface area contributed by atoms with Gasteiger partial charge in [0.2, 0.25) is 5.91 Å². The number of fused-ring (bicyclic) bond motifs is 1. The van der Waals surface area contributed by atoms with Crippen molar-refractivity contribution in [3.8, 4) is 0 Å². The number of nitrogens with zero attached hydrogens (tertiary/aromatic N) is 3. The maximum Gasteiger partial charge on any atom is 0.261 e. The van der Waals surface area contributed by atoms with Crippen molar-refractivity contribution in [1.29, 1.82) is 0 Å². The molecule has 2 heterocycles. The number of carbonyl (C=O) groups excluding carboxylic acids is 1. The van der Waals surface area contributed by atoms with E-state index in [9.17, 15) is 9.59 Å². The third kappa shape index (κ3) is 3.23. The van der Waals surface area contributed by atoms with Crippen LogP contribution in [0.4, 0.5) is 0 Å². The molecular formula is C20H19N3O3. The highest BCUT2D eigenvalue weighted by Crippen LogP contribution is 2.22. The van der Waals surface area contributed by atoms with E-state index < -0.39 is 0 Å². The van der Waals surface area contributed by atoms with Crippen LogP contribution in [0.15, 0.2) is 65.7 Å². The summed E-state index contributed by atoms with van der Waals surface area (Å²) in [7, 11) is 0. The van der Waals surface area contributed by atoms with Crippen molar-refractivity contribution < 1.29 is 9.53 Å². The van der Waals surface area contributed by atoms with E-state index in [0.29, 0.717) is 30.6 Å². The molecule has 6 nitrogen and oxygen atoms in total. The summed E-state index contributed by atoms with van der Waals surface area (Å²) in [6.07, 6.45) is 1.30. The molecule has 6 heteroatoms. The fraction of sp³-hybridized carbons (Fsp3) is 0.250. The summed E-state index contributed by atoms with van der Waals surface area (Å²) in [6, 6.07) is 17.0. The Hall–Kier alpha value is -2.99. The lowest BCUT2D eigenvalue weighted by atomic mass is 10.1. The van der Waals surface area contributed by atoms with Crippen LogP contribution in [0.5, 0.6) is 0 Å². The van der Waals surface area contributed by atoms with Crippen molar-refractivity contribution in [2.24, 2.45) is 0 Å². The number of para-hydroxylation sites is 1. The Labute approximate surface area is 150 Å². The summed E-state index contributed by atoms with van der Waals surface area (Å²) in [6.45, 7) is 1.48. The molecule has 0 spiro atoms. The van der Waals surface area contributed by atoms with Crippen LogP contribution < -0.4 is 5.56 Å². The largest absolute Gasteiger partial charge is 0.370 e. The van der Waals surface area contributed by atoms with E-state index >= 15 is 0 Å². The number of benzene rings is 2. The van der Waals surface area contributed by atoms with Gasteiger partial charge < -0.3 is 9.64 Å². The molecule has 1 aliphatic rings. The van der Waals surface area contributed by atoms with Crippen LogP contribution in [-0.2, 0) is 16.1 Å². The molecule has 0 radical (unpaired) electrons. The molecule has 1 saturated heterocycles. The molecule has 4 rings (SSSR count). The van der Waals surface area contributed by atoms with Gasteiger partial charge in [-0.15, -0.1) is 0 Å². The molecule has 1 atom stereocenters. The average Bonchev–Trinajstić information content (AvgIpc) is 2.71. The van der Waals surface area contributed by atoms with E-state index in [2.05, 4.69) is 4.98 Å². The minimum atomic E-state index is -0.197. The summed E-state index contributed by atoms with van der Waals surface area (Å²) in [5.41, 5.74) is 1.49. The van der Waals surface area contributed by atoms with Gasteiger partial charge in [-0.2, -0.15) is 0 Å². The van der Waals surface area contributed by atoms with Gasteiger partial charge in [-0.1, -0.05) is 42.5 Å². The van der Waals surface area contributed by atoms with Crippen LogP contribution in [0.25, 0.3) is 10.9 Å². The Balaban J connectivity index is 1.51. The first-order valence-electron chi connectivity index (χ1n) is 8.61. The van der Waals surface area contributed by atoms with Gasteiger partial charge in [-0.3, -0.25) is 14.2 Å². The SMILES string of the molecule is O=C(Cn1cnc2ccccc2c1=O)N1CCO[C@H](c2ccccc2)C1. The Bertz CT molecular complexity index is 984. The Kier molecular flexibility index (Phi) is 4.50. The maximum atomic E-state index is 12.7. The van der Waals surface area contributed by atoms with Gasteiger partial charge in [0.25, 0.3) is 5.56 Å². The number of hydrogen-bond donors (Lipinski definition) is 0. The van der Waals surface area contributed by atoms with Crippen molar-refractivity contribution >= 4 is 16.8 Å². The number of carbonyl (C=O) groups is 1. The molecule has 1 fully saturated rings. The van der Waals surface area contributed by atoms with Gasteiger partial charge in [0.1, 0.15) is 12.6 Å². The molecule has 0 bridgehead atoms. The van der Waals surface area contributed by atoms with Gasteiger partial charge >= 0.3 is 0 Å². The van der Waals surface area contributed by atoms with Gasteiger partial charge in [0, 0.05) is 6.54 Å². The number of aromatic nitrogens is 2. The minimum Gasteiger partial charge on any atom is -0.370 e.